The third kappa shape index (κ3) is 3.02. The monoisotopic (exact) mass is 424 g/mol. The number of nitrogens with one attached hydrogen (secondary N) is 2. The molecule has 4 N–H and O–H groups in total. The molecule has 28 heavy (non-hydrogen) atoms. The van der Waals surface area contributed by atoms with Crippen molar-refractivity contribution < 1.29 is 19.8 Å². The van der Waals surface area contributed by atoms with Crippen LogP contribution in [0.2, 0.25) is 0 Å². The molecule has 0 radical (unpaired) electrons. The SMILES string of the molecule is CNc1nc([C@@H]2C[C@H](SC3=C(C(=O)O)N4C(=O)[C@H]([C@@H](C)O)[C@H]4[C@H]3C)CN2)cs1. The van der Waals surface area contributed by atoms with Gasteiger partial charge in [0.25, 0.3) is 0 Å². The summed E-state index contributed by atoms with van der Waals surface area (Å²) in [5.41, 5.74) is 1.09. The largest absolute Gasteiger partial charge is 0.477 e. The lowest BCUT2D eigenvalue weighted by molar-refractivity contribution is -0.163. The van der Waals surface area contributed by atoms with Crippen LogP contribution >= 0.6 is 23.1 Å². The fourth-order valence-corrected chi connectivity index (χ4v) is 6.64. The second kappa shape index (κ2) is 7.33. The number of rotatable bonds is 6. The smallest absolute Gasteiger partial charge is 0.353 e. The summed E-state index contributed by atoms with van der Waals surface area (Å²) < 4.78 is 0. The Hall–Kier alpha value is -1.62. The Bertz CT molecular complexity index is 839. The van der Waals surface area contributed by atoms with E-state index < -0.39 is 18.0 Å². The highest BCUT2D eigenvalue weighted by Gasteiger charge is 2.60. The number of fused-ring (bicyclic) bond motifs is 1. The van der Waals surface area contributed by atoms with Crippen molar-refractivity contribution in [3.05, 3.63) is 21.7 Å². The number of aliphatic hydroxyl groups excluding tert-OH is 1. The number of carbonyl (C=O) groups is 2. The summed E-state index contributed by atoms with van der Waals surface area (Å²) in [5.74, 6) is -1.98. The molecule has 0 aliphatic carbocycles. The van der Waals surface area contributed by atoms with Crippen molar-refractivity contribution >= 4 is 40.1 Å². The number of nitrogens with zero attached hydrogens (tertiary/aromatic N) is 2. The van der Waals surface area contributed by atoms with Gasteiger partial charge in [0.05, 0.1) is 29.8 Å². The summed E-state index contributed by atoms with van der Waals surface area (Å²) in [6.07, 6.45) is 0.0678. The first-order valence-electron chi connectivity index (χ1n) is 9.35. The van der Waals surface area contributed by atoms with E-state index in [1.165, 1.54) is 4.90 Å². The van der Waals surface area contributed by atoms with Crippen LogP contribution in [0.4, 0.5) is 5.13 Å². The normalized spacial score (nSPS) is 33.1. The Labute approximate surface area is 171 Å². The van der Waals surface area contributed by atoms with Gasteiger partial charge in [0.1, 0.15) is 5.70 Å². The van der Waals surface area contributed by atoms with Gasteiger partial charge in [-0.1, -0.05) is 6.92 Å². The van der Waals surface area contributed by atoms with Crippen molar-refractivity contribution in [2.45, 2.75) is 43.7 Å². The second-order valence-corrected chi connectivity index (χ2v) is 9.74. The molecular formula is C18H24N4O4S2. The van der Waals surface area contributed by atoms with Gasteiger partial charge in [-0.15, -0.1) is 23.1 Å². The van der Waals surface area contributed by atoms with Crippen LogP contribution in [0.1, 0.15) is 32.0 Å². The van der Waals surface area contributed by atoms with Crippen molar-refractivity contribution in [1.82, 2.24) is 15.2 Å². The zero-order valence-corrected chi connectivity index (χ0v) is 17.5. The fraction of sp³-hybridized carbons (Fsp3) is 0.611. The first-order chi connectivity index (χ1) is 13.3. The third-order valence-electron chi connectivity index (χ3n) is 5.79. The molecule has 8 nitrogen and oxygen atoms in total. The van der Waals surface area contributed by atoms with Gasteiger partial charge in [0, 0.05) is 35.0 Å². The quantitative estimate of drug-likeness (QED) is 0.508. The van der Waals surface area contributed by atoms with Crippen LogP contribution in [0, 0.1) is 11.8 Å². The fourth-order valence-electron chi connectivity index (χ4n) is 4.44. The van der Waals surface area contributed by atoms with Gasteiger partial charge in [-0.3, -0.25) is 4.79 Å². The van der Waals surface area contributed by atoms with Gasteiger partial charge in [-0.05, 0) is 13.3 Å². The first-order valence-corrected chi connectivity index (χ1v) is 11.1. The topological polar surface area (TPSA) is 115 Å². The minimum Gasteiger partial charge on any atom is -0.477 e. The van der Waals surface area contributed by atoms with Crippen LogP contribution in [0.15, 0.2) is 16.0 Å². The van der Waals surface area contributed by atoms with Crippen LogP contribution in [-0.4, -0.2) is 63.0 Å². The summed E-state index contributed by atoms with van der Waals surface area (Å²) in [7, 11) is 1.84. The number of carboxylic acids is 1. The number of thiazole rings is 1. The van der Waals surface area contributed by atoms with E-state index in [1.807, 2.05) is 19.4 Å². The molecule has 1 aromatic rings. The summed E-state index contributed by atoms with van der Waals surface area (Å²) in [6.45, 7) is 4.30. The number of aromatic nitrogens is 1. The highest BCUT2D eigenvalue weighted by molar-refractivity contribution is 8.03. The van der Waals surface area contributed by atoms with E-state index in [2.05, 4.69) is 15.6 Å². The molecule has 2 fully saturated rings. The minimum absolute atomic E-state index is 0.0948. The number of amides is 1. The highest BCUT2D eigenvalue weighted by Crippen LogP contribution is 2.52. The predicted molar refractivity (Wildman–Crippen MR) is 108 cm³/mol. The molecule has 0 unspecified atom stereocenters. The van der Waals surface area contributed by atoms with E-state index in [-0.39, 0.29) is 34.9 Å². The van der Waals surface area contributed by atoms with Crippen LogP contribution in [-0.2, 0) is 9.59 Å². The van der Waals surface area contributed by atoms with E-state index in [0.29, 0.717) is 0 Å². The Kier molecular flexibility index (Phi) is 5.15. The Balaban J connectivity index is 1.51. The molecule has 152 valence electrons. The zero-order chi connectivity index (χ0) is 20.2. The zero-order valence-electron chi connectivity index (χ0n) is 15.9. The lowest BCUT2D eigenvalue weighted by atomic mass is 9.79. The standard InChI is InChI=1S/C18H24N4O4S2/c1-7-13-12(8(2)23)16(24)22(13)14(17(25)26)15(7)28-9-4-10(20-5-9)11-6-27-18(19-3)21-11/h6-10,12-13,20,23H,4-5H2,1-3H3,(H,19,21)(H,25,26)/t7-,8-,9+,10+,12-,13-/m1/s1. The summed E-state index contributed by atoms with van der Waals surface area (Å²) in [6, 6.07) is -0.117. The van der Waals surface area contributed by atoms with Crippen LogP contribution in [0.3, 0.4) is 0 Å². The van der Waals surface area contributed by atoms with E-state index in [4.69, 9.17) is 0 Å². The number of β-lactam (4-membered cyclic amide) rings is 1. The van der Waals surface area contributed by atoms with Crippen LogP contribution < -0.4 is 10.6 Å². The van der Waals surface area contributed by atoms with Crippen molar-refractivity contribution in [2.24, 2.45) is 11.8 Å². The number of carbonyl (C=O) groups excluding carboxylic acids is 1. The Morgan fingerprint density at radius 1 is 1.54 bits per heavy atom. The Morgan fingerprint density at radius 2 is 2.29 bits per heavy atom. The molecule has 10 heteroatoms. The van der Waals surface area contributed by atoms with E-state index in [9.17, 15) is 19.8 Å². The molecule has 4 heterocycles. The van der Waals surface area contributed by atoms with Crippen molar-refractivity contribution in [2.75, 3.05) is 18.9 Å². The van der Waals surface area contributed by atoms with Crippen LogP contribution in [0.5, 0.6) is 0 Å². The van der Waals surface area contributed by atoms with Gasteiger partial charge in [-0.25, -0.2) is 9.78 Å². The number of aliphatic carboxylic acids is 1. The molecule has 0 spiro atoms. The van der Waals surface area contributed by atoms with Gasteiger partial charge < -0.3 is 25.7 Å². The number of aliphatic hydroxyl groups is 1. The molecule has 1 amide bonds. The van der Waals surface area contributed by atoms with Gasteiger partial charge in [0.2, 0.25) is 5.91 Å². The summed E-state index contributed by atoms with van der Waals surface area (Å²) >= 11 is 3.12. The summed E-state index contributed by atoms with van der Waals surface area (Å²) in [5, 5.41) is 29.3. The number of hydrogen-bond donors (Lipinski definition) is 4. The lowest BCUT2D eigenvalue weighted by Gasteiger charge is -2.46. The maximum Gasteiger partial charge on any atom is 0.353 e. The van der Waals surface area contributed by atoms with Crippen molar-refractivity contribution in [3.8, 4) is 0 Å². The first kappa shape index (κ1) is 19.7. The molecule has 1 aromatic heterocycles. The Morgan fingerprint density at radius 3 is 2.89 bits per heavy atom. The molecule has 0 aromatic carbocycles. The molecule has 3 aliphatic rings. The molecular weight excluding hydrogens is 400 g/mol. The van der Waals surface area contributed by atoms with Gasteiger partial charge in [0.15, 0.2) is 5.13 Å². The molecule has 2 saturated heterocycles. The van der Waals surface area contributed by atoms with E-state index in [1.54, 1.807) is 30.0 Å². The summed E-state index contributed by atoms with van der Waals surface area (Å²) in [4.78, 5) is 31.0. The van der Waals surface area contributed by atoms with Gasteiger partial charge in [-0.2, -0.15) is 0 Å². The van der Waals surface area contributed by atoms with Crippen molar-refractivity contribution in [3.63, 3.8) is 0 Å². The molecule has 0 saturated carbocycles. The third-order valence-corrected chi connectivity index (χ3v) is 8.18. The van der Waals surface area contributed by atoms with Gasteiger partial charge >= 0.3 is 5.97 Å². The molecule has 6 atom stereocenters. The lowest BCUT2D eigenvalue weighted by Crippen LogP contribution is -2.63. The number of hydrogen-bond acceptors (Lipinski definition) is 8. The van der Waals surface area contributed by atoms with Crippen LogP contribution in [0.25, 0.3) is 0 Å². The van der Waals surface area contributed by atoms with E-state index in [0.717, 1.165) is 28.7 Å². The molecule has 4 rings (SSSR count). The highest BCUT2D eigenvalue weighted by atomic mass is 32.2. The number of carboxylic acid groups (broad SMARTS) is 1. The average Bonchev–Trinajstić information content (AvgIpc) is 3.33. The molecule has 0 bridgehead atoms. The van der Waals surface area contributed by atoms with Crippen molar-refractivity contribution in [1.29, 1.82) is 0 Å². The van der Waals surface area contributed by atoms with E-state index >= 15 is 0 Å². The average molecular weight is 425 g/mol. The second-order valence-electron chi connectivity index (χ2n) is 7.54. The minimum atomic E-state index is -1.07. The molecule has 3 aliphatic heterocycles. The predicted octanol–water partition coefficient (Wildman–Crippen LogP) is 1.47. The number of anilines is 1. The number of thioether (sulfide) groups is 1. The maximum atomic E-state index is 12.4. The maximum absolute atomic E-state index is 12.4.